The van der Waals surface area contributed by atoms with E-state index in [4.69, 9.17) is 9.47 Å². The third kappa shape index (κ3) is 6.23. The van der Waals surface area contributed by atoms with Gasteiger partial charge in [-0.2, -0.15) is 0 Å². The van der Waals surface area contributed by atoms with E-state index in [2.05, 4.69) is 0 Å². The maximum absolute atomic E-state index is 13.1. The van der Waals surface area contributed by atoms with Crippen LogP contribution in [0.2, 0.25) is 0 Å². The number of aliphatic hydroxyl groups excluding tert-OH is 1. The molecule has 1 N–H and O–H groups in total. The predicted molar refractivity (Wildman–Crippen MR) is 147 cm³/mol. The van der Waals surface area contributed by atoms with E-state index in [1.54, 1.807) is 29.2 Å². The molecule has 0 aromatic heterocycles. The van der Waals surface area contributed by atoms with Gasteiger partial charge in [0.2, 0.25) is 0 Å². The number of Topliss-reactive ketones (excluding diaryl/α,β-unsaturated/α-hetero) is 1. The maximum atomic E-state index is 13.1. The molecular formula is C31H34N2O5. The minimum atomic E-state index is -0.684. The number of amides is 1. The van der Waals surface area contributed by atoms with Crippen LogP contribution in [0.3, 0.4) is 0 Å². The van der Waals surface area contributed by atoms with Crippen LogP contribution in [-0.4, -0.2) is 67.0 Å². The number of ketones is 1. The first-order valence-corrected chi connectivity index (χ1v) is 12.8. The second-order valence-corrected chi connectivity index (χ2v) is 9.55. The summed E-state index contributed by atoms with van der Waals surface area (Å²) in [5.74, 6) is 0.0382. The van der Waals surface area contributed by atoms with Crippen LogP contribution in [0.5, 0.6) is 11.5 Å². The van der Waals surface area contributed by atoms with E-state index >= 15 is 0 Å². The van der Waals surface area contributed by atoms with Crippen LogP contribution in [0.25, 0.3) is 5.76 Å². The third-order valence-electron chi connectivity index (χ3n) is 6.49. The van der Waals surface area contributed by atoms with Crippen molar-refractivity contribution in [3.8, 4) is 11.5 Å². The Hall–Kier alpha value is -4.10. The molecule has 1 atom stereocenters. The average Bonchev–Trinajstić information content (AvgIpc) is 3.17. The van der Waals surface area contributed by atoms with Crippen molar-refractivity contribution in [2.75, 3.05) is 40.4 Å². The highest BCUT2D eigenvalue weighted by molar-refractivity contribution is 6.46. The Morgan fingerprint density at radius 2 is 1.55 bits per heavy atom. The number of benzene rings is 3. The highest BCUT2D eigenvalue weighted by Gasteiger charge is 2.45. The van der Waals surface area contributed by atoms with Crippen molar-refractivity contribution < 1.29 is 24.2 Å². The zero-order valence-corrected chi connectivity index (χ0v) is 22.1. The Kier molecular flexibility index (Phi) is 8.81. The number of likely N-dealkylation sites (tertiary alicyclic amines) is 1. The number of aryl methyl sites for hydroxylation is 1. The zero-order valence-electron chi connectivity index (χ0n) is 22.1. The number of ether oxygens (including phenoxy) is 2. The largest absolute Gasteiger partial charge is 0.507 e. The standard InChI is InChI=1S/C31H34N2O5/c1-22-10-7-8-13-26(22)38-21-20-37-25-16-14-23(15-17-25)28-27(29(34)24-11-5-4-6-12-24)30(35)31(36)33(28)19-9-18-32(2)3/h4-8,10-17,28,34H,9,18-21H2,1-3H3/b29-27+/t28-/m1/s1. The van der Waals surface area contributed by atoms with Gasteiger partial charge in [0, 0.05) is 12.1 Å². The van der Waals surface area contributed by atoms with Gasteiger partial charge in [0.05, 0.1) is 11.6 Å². The van der Waals surface area contributed by atoms with Gasteiger partial charge in [-0.1, -0.05) is 60.7 Å². The SMILES string of the molecule is Cc1ccccc1OCCOc1ccc([C@@H]2/C(=C(\O)c3ccccc3)C(=O)C(=O)N2CCCN(C)C)cc1. The van der Waals surface area contributed by atoms with Crippen LogP contribution >= 0.6 is 0 Å². The predicted octanol–water partition coefficient (Wildman–Crippen LogP) is 4.83. The van der Waals surface area contributed by atoms with Crippen molar-refractivity contribution in [2.45, 2.75) is 19.4 Å². The number of carbonyl (C=O) groups excluding carboxylic acids is 2. The van der Waals surface area contributed by atoms with Crippen molar-refractivity contribution in [2.24, 2.45) is 0 Å². The summed E-state index contributed by atoms with van der Waals surface area (Å²) in [5.41, 5.74) is 2.40. The van der Waals surface area contributed by atoms with Crippen LogP contribution in [0.15, 0.2) is 84.4 Å². The second-order valence-electron chi connectivity index (χ2n) is 9.55. The summed E-state index contributed by atoms with van der Waals surface area (Å²) in [6.07, 6.45) is 0.698. The Bertz CT molecular complexity index is 1290. The molecule has 3 aromatic rings. The van der Waals surface area contributed by atoms with Gasteiger partial charge in [-0.15, -0.1) is 0 Å². The number of nitrogens with zero attached hydrogens (tertiary/aromatic N) is 2. The molecule has 0 aliphatic carbocycles. The summed E-state index contributed by atoms with van der Waals surface area (Å²) in [4.78, 5) is 29.8. The Morgan fingerprint density at radius 3 is 2.24 bits per heavy atom. The first-order valence-electron chi connectivity index (χ1n) is 12.8. The monoisotopic (exact) mass is 514 g/mol. The summed E-state index contributed by atoms with van der Waals surface area (Å²) in [5, 5.41) is 11.1. The fourth-order valence-electron chi connectivity index (χ4n) is 4.54. The van der Waals surface area contributed by atoms with Crippen LogP contribution in [0.1, 0.15) is 29.2 Å². The Balaban J connectivity index is 1.53. The maximum Gasteiger partial charge on any atom is 0.295 e. The van der Waals surface area contributed by atoms with Gasteiger partial charge in [0.1, 0.15) is 30.5 Å². The van der Waals surface area contributed by atoms with Gasteiger partial charge < -0.3 is 24.4 Å². The first-order chi connectivity index (χ1) is 18.4. The zero-order chi connectivity index (χ0) is 27.1. The van der Waals surface area contributed by atoms with Crippen molar-refractivity contribution in [1.82, 2.24) is 9.80 Å². The fourth-order valence-corrected chi connectivity index (χ4v) is 4.54. The van der Waals surface area contributed by atoms with Gasteiger partial charge in [-0.3, -0.25) is 9.59 Å². The highest BCUT2D eigenvalue weighted by Crippen LogP contribution is 2.39. The molecule has 3 aromatic carbocycles. The lowest BCUT2D eigenvalue weighted by atomic mass is 9.95. The average molecular weight is 515 g/mol. The molecule has 0 unspecified atom stereocenters. The number of carbonyl (C=O) groups is 2. The van der Waals surface area contributed by atoms with Crippen LogP contribution in [0.4, 0.5) is 0 Å². The molecule has 1 heterocycles. The highest BCUT2D eigenvalue weighted by atomic mass is 16.5. The molecule has 1 aliphatic heterocycles. The summed E-state index contributed by atoms with van der Waals surface area (Å²) >= 11 is 0. The number of rotatable bonds is 11. The molecule has 0 saturated carbocycles. The van der Waals surface area contributed by atoms with E-state index in [1.165, 1.54) is 0 Å². The van der Waals surface area contributed by atoms with Gasteiger partial charge in [0.15, 0.2) is 0 Å². The molecule has 1 aliphatic rings. The summed E-state index contributed by atoms with van der Waals surface area (Å²) in [6.45, 7) is 3.93. The summed E-state index contributed by atoms with van der Waals surface area (Å²) in [7, 11) is 3.93. The molecule has 7 nitrogen and oxygen atoms in total. The number of hydrogen-bond donors (Lipinski definition) is 1. The van der Waals surface area contributed by atoms with Gasteiger partial charge >= 0.3 is 0 Å². The van der Waals surface area contributed by atoms with Crippen LogP contribution < -0.4 is 9.47 Å². The third-order valence-corrected chi connectivity index (χ3v) is 6.49. The molecule has 1 fully saturated rings. The van der Waals surface area contributed by atoms with Crippen molar-refractivity contribution in [1.29, 1.82) is 0 Å². The molecule has 38 heavy (non-hydrogen) atoms. The number of para-hydroxylation sites is 1. The smallest absolute Gasteiger partial charge is 0.295 e. The van der Waals surface area contributed by atoms with E-state index in [1.807, 2.05) is 80.5 Å². The number of aliphatic hydroxyl groups is 1. The molecule has 1 amide bonds. The van der Waals surface area contributed by atoms with Gasteiger partial charge in [-0.05, 0) is 63.3 Å². The molecule has 198 valence electrons. The molecule has 7 heteroatoms. The molecular weight excluding hydrogens is 480 g/mol. The molecule has 0 spiro atoms. The van der Waals surface area contributed by atoms with Crippen LogP contribution in [0, 0.1) is 6.92 Å². The number of hydrogen-bond acceptors (Lipinski definition) is 6. The quantitative estimate of drug-likeness (QED) is 0.171. The summed E-state index contributed by atoms with van der Waals surface area (Å²) in [6, 6.07) is 23.3. The molecule has 4 rings (SSSR count). The molecule has 1 saturated heterocycles. The van der Waals surface area contributed by atoms with Crippen molar-refractivity contribution >= 4 is 17.4 Å². The minimum absolute atomic E-state index is 0.103. The lowest BCUT2D eigenvalue weighted by Gasteiger charge is -2.26. The van der Waals surface area contributed by atoms with E-state index in [-0.39, 0.29) is 11.3 Å². The van der Waals surface area contributed by atoms with E-state index < -0.39 is 17.7 Å². The summed E-state index contributed by atoms with van der Waals surface area (Å²) < 4.78 is 11.6. The van der Waals surface area contributed by atoms with E-state index in [0.29, 0.717) is 37.5 Å². The Labute approximate surface area is 223 Å². The van der Waals surface area contributed by atoms with Crippen molar-refractivity contribution in [3.63, 3.8) is 0 Å². The first kappa shape index (κ1) is 26.9. The lowest BCUT2D eigenvalue weighted by molar-refractivity contribution is -0.139. The van der Waals surface area contributed by atoms with Gasteiger partial charge in [-0.25, -0.2) is 0 Å². The Morgan fingerprint density at radius 1 is 0.895 bits per heavy atom. The van der Waals surface area contributed by atoms with E-state index in [9.17, 15) is 14.7 Å². The van der Waals surface area contributed by atoms with E-state index in [0.717, 1.165) is 23.4 Å². The normalized spacial score (nSPS) is 16.7. The fraction of sp³-hybridized carbons (Fsp3) is 0.290. The van der Waals surface area contributed by atoms with Crippen molar-refractivity contribution in [3.05, 3.63) is 101 Å². The molecule has 0 bridgehead atoms. The lowest BCUT2D eigenvalue weighted by Crippen LogP contribution is -2.32. The molecule has 0 radical (unpaired) electrons. The minimum Gasteiger partial charge on any atom is -0.507 e. The van der Waals surface area contributed by atoms with Gasteiger partial charge in [0.25, 0.3) is 11.7 Å². The van der Waals surface area contributed by atoms with Crippen LogP contribution in [-0.2, 0) is 9.59 Å². The topological polar surface area (TPSA) is 79.3 Å². The second kappa shape index (κ2) is 12.4.